The van der Waals surface area contributed by atoms with Gasteiger partial charge in [-0.1, -0.05) is 11.3 Å². The minimum atomic E-state index is -0.322. The molecular weight excluding hydrogens is 436 g/mol. The predicted molar refractivity (Wildman–Crippen MR) is 124 cm³/mol. The summed E-state index contributed by atoms with van der Waals surface area (Å²) in [4.78, 5) is 15.1. The number of nitrogens with two attached hydrogens (primary N) is 1. The Labute approximate surface area is 193 Å². The molecule has 4 aromatic heterocycles. The highest BCUT2D eigenvalue weighted by molar-refractivity contribution is 5.78. The number of fused-ring (bicyclic) bond motifs is 1. The third-order valence-electron chi connectivity index (χ3n) is 5.56. The molecule has 0 spiro atoms. The summed E-state index contributed by atoms with van der Waals surface area (Å²) in [5, 5.41) is 18.3. The van der Waals surface area contributed by atoms with E-state index in [2.05, 4.69) is 25.3 Å². The van der Waals surface area contributed by atoms with Gasteiger partial charge in [-0.15, -0.1) is 5.10 Å². The highest BCUT2D eigenvalue weighted by Crippen LogP contribution is 2.28. The van der Waals surface area contributed by atoms with Gasteiger partial charge in [0.15, 0.2) is 11.6 Å². The molecule has 0 radical (unpaired) electrons. The highest BCUT2D eigenvalue weighted by Gasteiger charge is 2.21. The third-order valence-corrected chi connectivity index (χ3v) is 5.56. The molecule has 1 aliphatic heterocycles. The van der Waals surface area contributed by atoms with Crippen LogP contribution in [0.5, 0.6) is 11.6 Å². The van der Waals surface area contributed by atoms with Crippen molar-refractivity contribution in [2.45, 2.75) is 12.5 Å². The number of furan rings is 1. The summed E-state index contributed by atoms with van der Waals surface area (Å²) in [7, 11) is 0. The fourth-order valence-corrected chi connectivity index (χ4v) is 3.96. The topological polar surface area (TPSA) is 141 Å². The van der Waals surface area contributed by atoms with E-state index in [9.17, 15) is 5.11 Å². The lowest BCUT2D eigenvalue weighted by Crippen LogP contribution is -2.22. The van der Waals surface area contributed by atoms with Crippen LogP contribution in [-0.2, 0) is 0 Å². The van der Waals surface area contributed by atoms with E-state index in [4.69, 9.17) is 14.9 Å². The van der Waals surface area contributed by atoms with E-state index in [0.29, 0.717) is 41.0 Å². The Balaban J connectivity index is 1.28. The van der Waals surface area contributed by atoms with E-state index in [1.54, 1.807) is 41.3 Å². The maximum atomic E-state index is 9.79. The van der Waals surface area contributed by atoms with Crippen LogP contribution in [0, 0.1) is 0 Å². The van der Waals surface area contributed by atoms with Crippen molar-refractivity contribution < 1.29 is 14.3 Å². The zero-order chi connectivity index (χ0) is 23.1. The van der Waals surface area contributed by atoms with Crippen LogP contribution < -0.4 is 15.4 Å². The average Bonchev–Trinajstić information content (AvgIpc) is 3.60. The normalized spacial score (nSPS) is 15.8. The molecule has 1 saturated heterocycles. The summed E-state index contributed by atoms with van der Waals surface area (Å²) in [6.07, 6.45) is 1.98. The van der Waals surface area contributed by atoms with Crippen molar-refractivity contribution in [1.82, 2.24) is 29.9 Å². The van der Waals surface area contributed by atoms with Crippen molar-refractivity contribution in [1.29, 1.82) is 0 Å². The Kier molecular flexibility index (Phi) is 4.81. The summed E-state index contributed by atoms with van der Waals surface area (Å²) >= 11 is 0. The van der Waals surface area contributed by atoms with E-state index in [-0.39, 0.29) is 12.1 Å². The molecule has 0 amide bonds. The molecule has 11 heteroatoms. The summed E-state index contributed by atoms with van der Waals surface area (Å²) in [6.45, 7) is 1.34. The Morgan fingerprint density at radius 2 is 1.97 bits per heavy atom. The predicted octanol–water partition coefficient (Wildman–Crippen LogP) is 2.81. The zero-order valence-electron chi connectivity index (χ0n) is 17.9. The van der Waals surface area contributed by atoms with Gasteiger partial charge in [0.05, 0.1) is 17.9 Å². The van der Waals surface area contributed by atoms with Crippen LogP contribution in [0.15, 0.2) is 65.3 Å². The van der Waals surface area contributed by atoms with Gasteiger partial charge in [0, 0.05) is 31.3 Å². The Morgan fingerprint density at radius 1 is 1.03 bits per heavy atom. The second kappa shape index (κ2) is 8.12. The van der Waals surface area contributed by atoms with Gasteiger partial charge in [-0.3, -0.25) is 0 Å². The molecule has 5 aromatic rings. The SMILES string of the molecule is Nc1nc(-c2ccco2)cc(-n2nnc3cc(Oc4cccc(N5CCC(O)C5)n4)ccc32)n1. The molecule has 1 atom stereocenters. The zero-order valence-corrected chi connectivity index (χ0v) is 17.9. The number of nitrogen functional groups attached to an aromatic ring is 1. The van der Waals surface area contributed by atoms with Crippen LogP contribution >= 0.6 is 0 Å². The van der Waals surface area contributed by atoms with Gasteiger partial charge in [0.25, 0.3) is 0 Å². The van der Waals surface area contributed by atoms with Crippen molar-refractivity contribution in [2.24, 2.45) is 0 Å². The number of hydrogen-bond acceptors (Lipinski definition) is 10. The number of aliphatic hydroxyl groups excluding tert-OH is 1. The summed E-state index contributed by atoms with van der Waals surface area (Å²) in [6, 6.07) is 16.3. The number of nitrogens with zero attached hydrogens (tertiary/aromatic N) is 7. The number of ether oxygens (including phenoxy) is 1. The van der Waals surface area contributed by atoms with Crippen LogP contribution in [0.4, 0.5) is 11.8 Å². The number of aliphatic hydroxyl groups is 1. The number of pyridine rings is 1. The van der Waals surface area contributed by atoms with Crippen LogP contribution in [0.2, 0.25) is 0 Å². The van der Waals surface area contributed by atoms with Crippen molar-refractivity contribution in [2.75, 3.05) is 23.7 Å². The summed E-state index contributed by atoms with van der Waals surface area (Å²) in [5.74, 6) is 2.95. The molecule has 6 rings (SSSR count). The van der Waals surface area contributed by atoms with Crippen LogP contribution in [0.3, 0.4) is 0 Å². The maximum Gasteiger partial charge on any atom is 0.222 e. The van der Waals surface area contributed by atoms with Crippen molar-refractivity contribution in [3.05, 3.63) is 60.9 Å². The van der Waals surface area contributed by atoms with Crippen LogP contribution in [-0.4, -0.2) is 54.2 Å². The first-order valence-electron chi connectivity index (χ1n) is 10.7. The van der Waals surface area contributed by atoms with E-state index in [1.165, 1.54) is 0 Å². The van der Waals surface area contributed by atoms with Crippen molar-refractivity contribution in [3.8, 4) is 28.9 Å². The highest BCUT2D eigenvalue weighted by atomic mass is 16.5. The first-order valence-corrected chi connectivity index (χ1v) is 10.7. The number of aromatic nitrogens is 6. The first kappa shape index (κ1) is 20.1. The van der Waals surface area contributed by atoms with Gasteiger partial charge in [0.1, 0.15) is 22.8 Å². The molecule has 0 aliphatic carbocycles. The largest absolute Gasteiger partial charge is 0.463 e. The Bertz CT molecular complexity index is 1470. The molecule has 170 valence electrons. The number of β-amino-alcohol motifs (C(OH)–C–C–N with tert-alkyl or cyclic N) is 1. The molecule has 5 heterocycles. The van der Waals surface area contributed by atoms with E-state index < -0.39 is 0 Å². The number of hydrogen-bond donors (Lipinski definition) is 2. The Morgan fingerprint density at radius 3 is 2.79 bits per heavy atom. The van der Waals surface area contributed by atoms with Crippen LogP contribution in [0.1, 0.15) is 6.42 Å². The lowest BCUT2D eigenvalue weighted by atomic mass is 10.3. The standard InChI is InChI=1S/C23H20N8O3/c24-23-25-17(19-3-2-10-33-19)12-21(27-23)31-18-7-6-15(11-16(18)28-29-31)34-22-5-1-4-20(26-22)30-9-8-14(32)13-30/h1-7,10-12,14,32H,8-9,13H2,(H2,24,25,27). The number of rotatable bonds is 5. The van der Waals surface area contributed by atoms with Gasteiger partial charge in [-0.2, -0.15) is 14.6 Å². The fourth-order valence-electron chi connectivity index (χ4n) is 3.96. The monoisotopic (exact) mass is 456 g/mol. The van der Waals surface area contributed by atoms with Crippen molar-refractivity contribution >= 4 is 22.8 Å². The Hall–Kier alpha value is -4.51. The quantitative estimate of drug-likeness (QED) is 0.405. The molecule has 0 bridgehead atoms. The van der Waals surface area contributed by atoms with Gasteiger partial charge in [0.2, 0.25) is 11.8 Å². The molecule has 1 aromatic carbocycles. The lowest BCUT2D eigenvalue weighted by Gasteiger charge is -2.17. The van der Waals surface area contributed by atoms with E-state index >= 15 is 0 Å². The molecular formula is C23H20N8O3. The van der Waals surface area contributed by atoms with E-state index in [0.717, 1.165) is 24.3 Å². The molecule has 1 unspecified atom stereocenters. The minimum Gasteiger partial charge on any atom is -0.463 e. The number of benzene rings is 1. The molecule has 0 saturated carbocycles. The maximum absolute atomic E-state index is 9.79. The summed E-state index contributed by atoms with van der Waals surface area (Å²) in [5.41, 5.74) is 7.81. The smallest absolute Gasteiger partial charge is 0.222 e. The first-order chi connectivity index (χ1) is 16.6. The second-order valence-corrected chi connectivity index (χ2v) is 7.92. The molecule has 1 fully saturated rings. The molecule has 3 N–H and O–H groups in total. The molecule has 34 heavy (non-hydrogen) atoms. The van der Waals surface area contributed by atoms with Gasteiger partial charge in [-0.05, 0) is 36.8 Å². The fraction of sp³-hybridized carbons (Fsp3) is 0.174. The van der Waals surface area contributed by atoms with E-state index in [1.807, 2.05) is 29.2 Å². The molecule has 1 aliphatic rings. The average molecular weight is 456 g/mol. The van der Waals surface area contributed by atoms with Crippen molar-refractivity contribution in [3.63, 3.8) is 0 Å². The number of anilines is 2. The van der Waals surface area contributed by atoms with Gasteiger partial charge < -0.3 is 24.9 Å². The second-order valence-electron chi connectivity index (χ2n) is 7.92. The van der Waals surface area contributed by atoms with Gasteiger partial charge in [-0.25, -0.2) is 4.98 Å². The lowest BCUT2D eigenvalue weighted by molar-refractivity contribution is 0.198. The minimum absolute atomic E-state index is 0.101. The summed E-state index contributed by atoms with van der Waals surface area (Å²) < 4.78 is 13.0. The molecule has 11 nitrogen and oxygen atoms in total. The third kappa shape index (κ3) is 3.77. The van der Waals surface area contributed by atoms with Gasteiger partial charge >= 0.3 is 0 Å². The van der Waals surface area contributed by atoms with Crippen LogP contribution in [0.25, 0.3) is 28.3 Å².